The number of nitrogens with zero attached hydrogens (tertiary/aromatic N) is 4. The lowest BCUT2D eigenvalue weighted by Crippen LogP contribution is -3.00. The summed E-state index contributed by atoms with van der Waals surface area (Å²) in [5, 5.41) is 9.61. The monoisotopic (exact) mass is 415 g/mol. The maximum absolute atomic E-state index is 5.06. The predicted octanol–water partition coefficient (Wildman–Crippen LogP) is 1.23. The van der Waals surface area contributed by atoms with Gasteiger partial charge in [0.2, 0.25) is 0 Å². The van der Waals surface area contributed by atoms with Gasteiger partial charge in [0.05, 0.1) is 11.2 Å². The Morgan fingerprint density at radius 3 is 2.33 bits per heavy atom. The Morgan fingerprint density at radius 1 is 0.900 bits per heavy atom. The highest BCUT2D eigenvalue weighted by Gasteiger charge is 2.15. The van der Waals surface area contributed by atoms with Gasteiger partial charge >= 0.3 is 0 Å². The van der Waals surface area contributed by atoms with E-state index in [0.717, 1.165) is 44.8 Å². The smallest absolute Gasteiger partial charge is 0.170 e. The number of halogens is 1. The summed E-state index contributed by atoms with van der Waals surface area (Å²) in [4.78, 5) is 5.06. The lowest BCUT2D eigenvalue weighted by molar-refractivity contribution is -0.420. The van der Waals surface area contributed by atoms with E-state index < -0.39 is 0 Å². The number of hydrogen-bond acceptors (Lipinski definition) is 3. The first-order valence-corrected chi connectivity index (χ1v) is 9.76. The van der Waals surface area contributed by atoms with Crippen LogP contribution < -0.4 is 18.1 Å². The largest absolute Gasteiger partial charge is 1.00 e. The molecule has 0 aliphatic carbocycles. The van der Waals surface area contributed by atoms with Crippen molar-refractivity contribution in [3.8, 4) is 22.4 Å². The van der Waals surface area contributed by atoms with Gasteiger partial charge in [0.15, 0.2) is 5.65 Å². The second kappa shape index (κ2) is 7.86. The van der Waals surface area contributed by atoms with Gasteiger partial charge in [0, 0.05) is 28.3 Å². The van der Waals surface area contributed by atoms with E-state index in [1.165, 1.54) is 5.56 Å². The summed E-state index contributed by atoms with van der Waals surface area (Å²) in [6.45, 7) is 4.06. The second-order valence-corrected chi connectivity index (χ2v) is 7.46. The van der Waals surface area contributed by atoms with E-state index in [-0.39, 0.29) is 18.4 Å². The Kier molecular flexibility index (Phi) is 5.24. The minimum Gasteiger partial charge on any atom is -1.00 e. The van der Waals surface area contributed by atoms with Crippen LogP contribution in [0.1, 0.15) is 24.4 Å². The minimum absolute atomic E-state index is 0. The number of benzene rings is 2. The first-order chi connectivity index (χ1) is 14.1. The molecule has 0 spiro atoms. The Labute approximate surface area is 181 Å². The van der Waals surface area contributed by atoms with Crippen LogP contribution in [0.5, 0.6) is 0 Å². The lowest BCUT2D eigenvalue weighted by atomic mass is 9.96. The van der Waals surface area contributed by atoms with Crippen molar-refractivity contribution in [2.75, 3.05) is 0 Å². The number of rotatable bonds is 3. The summed E-state index contributed by atoms with van der Waals surface area (Å²) in [6.07, 6.45) is 1.99. The Morgan fingerprint density at radius 2 is 1.63 bits per heavy atom. The van der Waals surface area contributed by atoms with Gasteiger partial charge in [-0.05, 0) is 31.5 Å². The van der Waals surface area contributed by atoms with Crippen LogP contribution in [0.15, 0.2) is 72.9 Å². The zero-order valence-electron chi connectivity index (χ0n) is 16.9. The molecule has 5 aromatic rings. The van der Waals surface area contributed by atoms with Crippen molar-refractivity contribution in [2.45, 2.75) is 19.9 Å². The van der Waals surface area contributed by atoms with Gasteiger partial charge in [0.1, 0.15) is 11.9 Å². The Balaban J connectivity index is 0.00000218. The third kappa shape index (κ3) is 3.32. The molecule has 6 heteroatoms. The number of quaternary nitrogens is 1. The first-order valence-electron chi connectivity index (χ1n) is 9.76. The van der Waals surface area contributed by atoms with Crippen molar-refractivity contribution in [1.29, 1.82) is 0 Å². The number of aryl methyl sites for hydroxylation is 1. The van der Waals surface area contributed by atoms with Gasteiger partial charge in [-0.15, -0.1) is 10.2 Å². The fraction of sp³-hybridized carbons (Fsp3) is 0.125. The third-order valence-electron chi connectivity index (χ3n) is 5.38. The summed E-state index contributed by atoms with van der Waals surface area (Å²) in [5.74, 6) is 0.866. The van der Waals surface area contributed by atoms with Crippen molar-refractivity contribution in [1.82, 2.24) is 19.6 Å². The van der Waals surface area contributed by atoms with Crippen LogP contribution in [0.3, 0.4) is 0 Å². The standard InChI is InChI=1S/C24H21N5.ClH/c1-15(25)17-8-10-19(11-9-17)23-20(18-6-4-3-5-7-18)14-21-22(26-23)12-13-29-16(2)27-28-24(21)29;/h3-15H,25H2,1-2H3;1H/t15-;/m1./s1. The SMILES string of the molecule is Cc1nnc2c3cc(-c4ccccc4)c(-c4ccc([C@@H](C)[NH3+])cc4)nc3ccn12.[Cl-]. The molecule has 0 unspecified atom stereocenters. The molecule has 0 fully saturated rings. The van der Waals surface area contributed by atoms with E-state index >= 15 is 0 Å². The highest BCUT2D eigenvalue weighted by Crippen LogP contribution is 2.34. The molecule has 0 radical (unpaired) electrons. The number of hydrogen-bond donors (Lipinski definition) is 1. The zero-order valence-corrected chi connectivity index (χ0v) is 17.6. The van der Waals surface area contributed by atoms with Crippen molar-refractivity contribution in [3.05, 3.63) is 84.3 Å². The molecule has 3 heterocycles. The average Bonchev–Trinajstić information content (AvgIpc) is 3.14. The molecular formula is C24H22ClN5. The Bertz CT molecular complexity index is 1330. The topological polar surface area (TPSA) is 70.7 Å². The summed E-state index contributed by atoms with van der Waals surface area (Å²) in [7, 11) is 0. The highest BCUT2D eigenvalue weighted by molar-refractivity contribution is 5.98. The van der Waals surface area contributed by atoms with Gasteiger partial charge in [-0.1, -0.05) is 54.6 Å². The molecule has 2 aromatic carbocycles. The summed E-state index contributed by atoms with van der Waals surface area (Å²) < 4.78 is 2.00. The normalized spacial score (nSPS) is 12.1. The van der Waals surface area contributed by atoms with E-state index in [9.17, 15) is 0 Å². The highest BCUT2D eigenvalue weighted by atomic mass is 35.5. The number of pyridine rings is 2. The molecule has 0 saturated heterocycles. The van der Waals surface area contributed by atoms with E-state index in [1.807, 2.05) is 29.7 Å². The van der Waals surface area contributed by atoms with Crippen molar-refractivity contribution >= 4 is 16.6 Å². The number of aromatic nitrogens is 4. The molecule has 0 saturated carbocycles. The molecule has 5 nitrogen and oxygen atoms in total. The quantitative estimate of drug-likeness (QED) is 0.481. The third-order valence-corrected chi connectivity index (χ3v) is 5.38. The van der Waals surface area contributed by atoms with Crippen LogP contribution in [0.25, 0.3) is 38.9 Å². The van der Waals surface area contributed by atoms with Gasteiger partial charge in [0.25, 0.3) is 0 Å². The molecule has 1 atom stereocenters. The lowest BCUT2D eigenvalue weighted by Gasteiger charge is -2.13. The van der Waals surface area contributed by atoms with Crippen LogP contribution in [0.4, 0.5) is 0 Å². The molecule has 150 valence electrons. The summed E-state index contributed by atoms with van der Waals surface area (Å²) >= 11 is 0. The molecule has 30 heavy (non-hydrogen) atoms. The molecule has 0 aliphatic heterocycles. The average molecular weight is 416 g/mol. The summed E-state index contributed by atoms with van der Waals surface area (Å²) in [6, 6.07) is 23.4. The van der Waals surface area contributed by atoms with E-state index in [1.54, 1.807) is 0 Å². The fourth-order valence-corrected chi connectivity index (χ4v) is 3.74. The van der Waals surface area contributed by atoms with E-state index in [4.69, 9.17) is 4.98 Å². The predicted molar refractivity (Wildman–Crippen MR) is 115 cm³/mol. The zero-order chi connectivity index (χ0) is 20.0. The molecule has 0 bridgehead atoms. The molecule has 3 N–H and O–H groups in total. The van der Waals surface area contributed by atoms with Crippen LogP contribution in [-0.2, 0) is 0 Å². The van der Waals surface area contributed by atoms with Gasteiger partial charge in [-0.25, -0.2) is 4.98 Å². The van der Waals surface area contributed by atoms with Crippen molar-refractivity contribution in [2.24, 2.45) is 0 Å². The van der Waals surface area contributed by atoms with Crippen molar-refractivity contribution in [3.63, 3.8) is 0 Å². The fourth-order valence-electron chi connectivity index (χ4n) is 3.74. The second-order valence-electron chi connectivity index (χ2n) is 7.46. The molecule has 5 rings (SSSR count). The van der Waals surface area contributed by atoms with Crippen LogP contribution in [0, 0.1) is 6.92 Å². The molecule has 0 amide bonds. The first kappa shape index (κ1) is 20.0. The van der Waals surface area contributed by atoms with Gasteiger partial charge in [-0.3, -0.25) is 4.40 Å². The number of fused-ring (bicyclic) bond motifs is 3. The molecule has 0 aliphatic rings. The maximum atomic E-state index is 5.06. The van der Waals surface area contributed by atoms with E-state index in [0.29, 0.717) is 0 Å². The maximum Gasteiger partial charge on any atom is 0.170 e. The van der Waals surface area contributed by atoms with E-state index in [2.05, 4.69) is 77.5 Å². The van der Waals surface area contributed by atoms with Crippen LogP contribution in [0.2, 0.25) is 0 Å². The van der Waals surface area contributed by atoms with Gasteiger partial charge in [-0.2, -0.15) is 0 Å². The van der Waals surface area contributed by atoms with Crippen LogP contribution in [-0.4, -0.2) is 19.6 Å². The molecular weight excluding hydrogens is 394 g/mol. The van der Waals surface area contributed by atoms with Gasteiger partial charge < -0.3 is 18.1 Å². The molecule has 3 aromatic heterocycles. The van der Waals surface area contributed by atoms with Crippen LogP contribution >= 0.6 is 0 Å². The Hall–Kier alpha value is -3.28. The minimum atomic E-state index is 0. The summed E-state index contributed by atoms with van der Waals surface area (Å²) in [5.41, 5.74) is 11.3. The van der Waals surface area contributed by atoms with Crippen molar-refractivity contribution < 1.29 is 18.1 Å².